The van der Waals surface area contributed by atoms with Crippen LogP contribution in [0.15, 0.2) is 334 Å². The summed E-state index contributed by atoms with van der Waals surface area (Å²) < 4.78 is 0. The largest absolute Gasteiger partial charge is 0.0775 e. The SMILES string of the molecule is Cc1cc(-c2ccccc2)cc(C)c1C.Cc1cc(C)cc(-c2ccccc2)c1.Cc1ccc(-c2ccc([Si](C)(C)C)cc2)cc1.Cc1ccc(-c2ccccc2)cc1C.Cc1ccc(C)c(-c2ccccc2)c1.Cc1cccc(-c2ccc(C(C)(C)C)cc2)c1.Cc1cccc(-c2ccc([Si](C)(C)C)cc2)c1. The zero-order valence-corrected chi connectivity index (χ0v) is 70.8. The Labute approximate surface area is 654 Å². The van der Waals surface area contributed by atoms with Crippen LogP contribution in [0.3, 0.4) is 0 Å². The van der Waals surface area contributed by atoms with E-state index in [0.717, 1.165) is 0 Å². The Balaban J connectivity index is 0.000000159. The van der Waals surface area contributed by atoms with Gasteiger partial charge in [-0.05, 0) is 205 Å². The van der Waals surface area contributed by atoms with Crippen molar-refractivity contribution in [2.75, 3.05) is 0 Å². The Hall–Kier alpha value is -10.5. The lowest BCUT2D eigenvalue weighted by Crippen LogP contribution is -2.37. The van der Waals surface area contributed by atoms with E-state index in [0.29, 0.717) is 0 Å². The molecule has 550 valence electrons. The van der Waals surface area contributed by atoms with Crippen LogP contribution in [0.2, 0.25) is 39.3 Å². The lowest BCUT2D eigenvalue weighted by Gasteiger charge is -2.19. The fourth-order valence-electron chi connectivity index (χ4n) is 12.7. The van der Waals surface area contributed by atoms with Gasteiger partial charge in [-0.15, -0.1) is 0 Å². The van der Waals surface area contributed by atoms with Gasteiger partial charge in [0.15, 0.2) is 0 Å². The first kappa shape index (κ1) is 83.2. The molecule has 0 aliphatic carbocycles. The molecule has 0 unspecified atom stereocenters. The van der Waals surface area contributed by atoms with Gasteiger partial charge < -0.3 is 0 Å². The maximum atomic E-state index is 2.38. The number of hydrogen-bond donors (Lipinski definition) is 0. The van der Waals surface area contributed by atoms with Gasteiger partial charge in [0.25, 0.3) is 0 Å². The minimum absolute atomic E-state index is 0.227. The molecule has 0 nitrogen and oxygen atoms in total. The van der Waals surface area contributed by atoms with Crippen molar-refractivity contribution in [1.82, 2.24) is 0 Å². The van der Waals surface area contributed by atoms with Crippen LogP contribution in [0.5, 0.6) is 0 Å². The predicted molar refractivity (Wildman–Crippen MR) is 485 cm³/mol. The van der Waals surface area contributed by atoms with E-state index in [4.69, 9.17) is 0 Å². The van der Waals surface area contributed by atoms with E-state index < -0.39 is 16.1 Å². The molecule has 14 aromatic rings. The van der Waals surface area contributed by atoms with Crippen molar-refractivity contribution in [3.63, 3.8) is 0 Å². The van der Waals surface area contributed by atoms with E-state index in [1.54, 1.807) is 0 Å². The van der Waals surface area contributed by atoms with Crippen molar-refractivity contribution in [2.24, 2.45) is 0 Å². The maximum absolute atomic E-state index is 2.38. The van der Waals surface area contributed by atoms with Crippen molar-refractivity contribution < 1.29 is 0 Å². The van der Waals surface area contributed by atoms with Crippen LogP contribution in [-0.4, -0.2) is 16.1 Å². The summed E-state index contributed by atoms with van der Waals surface area (Å²) in [5.41, 5.74) is 36.0. The van der Waals surface area contributed by atoms with Gasteiger partial charge in [-0.3, -0.25) is 0 Å². The maximum Gasteiger partial charge on any atom is 0.0775 e. The second kappa shape index (κ2) is 39.4. The summed E-state index contributed by atoms with van der Waals surface area (Å²) >= 11 is 0. The smallest absolute Gasteiger partial charge is 0.0656 e. The topological polar surface area (TPSA) is 0 Å². The normalized spacial score (nSPS) is 10.8. The van der Waals surface area contributed by atoms with Gasteiger partial charge in [0.2, 0.25) is 0 Å². The molecule has 0 saturated carbocycles. The summed E-state index contributed by atoms with van der Waals surface area (Å²) in [5.74, 6) is 0. The lowest BCUT2D eigenvalue weighted by molar-refractivity contribution is 0.590. The van der Waals surface area contributed by atoms with Crippen molar-refractivity contribution in [1.29, 1.82) is 0 Å². The Kier molecular flexibility index (Phi) is 30.3. The minimum Gasteiger partial charge on any atom is -0.0656 e. The monoisotopic (exact) mass is 1450 g/mol. The third kappa shape index (κ3) is 25.9. The summed E-state index contributed by atoms with van der Waals surface area (Å²) in [7, 11) is -2.33. The molecule has 0 aromatic heterocycles. The highest BCUT2D eigenvalue weighted by atomic mass is 28.3. The zero-order valence-electron chi connectivity index (χ0n) is 68.8. The Morgan fingerprint density at radius 2 is 0.472 bits per heavy atom. The number of hydrogen-bond acceptors (Lipinski definition) is 0. The van der Waals surface area contributed by atoms with Gasteiger partial charge in [-0.1, -0.05) is 437 Å². The van der Waals surface area contributed by atoms with Crippen LogP contribution in [0.1, 0.15) is 93.1 Å². The molecule has 14 aromatic carbocycles. The van der Waals surface area contributed by atoms with Crippen LogP contribution in [0.4, 0.5) is 0 Å². The summed E-state index contributed by atoms with van der Waals surface area (Å²) in [6.07, 6.45) is 0. The molecule has 0 saturated heterocycles. The van der Waals surface area contributed by atoms with Crippen LogP contribution < -0.4 is 10.4 Å². The van der Waals surface area contributed by atoms with E-state index in [1.807, 2.05) is 12.1 Å². The molecule has 0 heterocycles. The fraction of sp³-hybridized carbons (Fsp3) is 0.208. The van der Waals surface area contributed by atoms with Crippen LogP contribution in [0, 0.1) is 83.1 Å². The summed E-state index contributed by atoms with van der Waals surface area (Å²) in [4.78, 5) is 0. The highest BCUT2D eigenvalue weighted by Crippen LogP contribution is 2.30. The molecule has 0 bridgehead atoms. The molecule has 0 aliphatic heterocycles. The van der Waals surface area contributed by atoms with E-state index in [9.17, 15) is 0 Å². The third-order valence-corrected chi connectivity index (χ3v) is 23.9. The van der Waals surface area contributed by atoms with Crippen LogP contribution in [0.25, 0.3) is 77.9 Å². The van der Waals surface area contributed by atoms with E-state index in [1.165, 1.54) is 161 Å². The van der Waals surface area contributed by atoms with Gasteiger partial charge in [-0.25, -0.2) is 0 Å². The standard InChI is InChI=1S/C17H20.2C16H20Si.C15H16.3C14H14/c1-13-6-5-7-15(12-13)14-8-10-16(11-9-14)17(2,3)4;1-13-5-7-14(8-6-13)15-9-11-16(12-10-15)17(2,3)4;1-13-6-5-7-15(12-13)14-8-10-16(11-9-14)17(2,3)4;1-11-9-15(10-12(2)13(11)3)14-7-5-4-6-8-14;1-11-8-12(2)10-14(9-11)13-6-4-3-5-7-13;1-11-8-9-14(10-12(11)2)13-6-4-3-5-7-13;1-11-8-9-12(2)14(10-11)13-6-4-3-5-7-13/h3*5-12H,1-4H3;4-10H,1-3H3;3*3-10H,1-2H3. The zero-order chi connectivity index (χ0) is 78.1. The number of benzene rings is 14. The molecule has 0 amide bonds. The Bertz CT molecular complexity index is 4920. The second-order valence-electron chi connectivity index (χ2n) is 32.3. The quantitative estimate of drug-likeness (QED) is 0.126. The summed E-state index contributed by atoms with van der Waals surface area (Å²) in [6, 6.07) is 119. The fourth-order valence-corrected chi connectivity index (χ4v) is 15.0. The van der Waals surface area contributed by atoms with E-state index in [2.05, 4.69) is 465 Å². The average molecular weight is 1450 g/mol. The minimum atomic E-state index is -1.17. The number of aryl methyl sites for hydroxylation is 11. The van der Waals surface area contributed by atoms with Gasteiger partial charge in [-0.2, -0.15) is 0 Å². The highest BCUT2D eigenvalue weighted by molar-refractivity contribution is 6.89. The lowest BCUT2D eigenvalue weighted by atomic mass is 9.86. The molecule has 0 aliphatic rings. The van der Waals surface area contributed by atoms with Crippen molar-refractivity contribution >= 4 is 26.5 Å². The van der Waals surface area contributed by atoms with Crippen molar-refractivity contribution in [3.05, 3.63) is 406 Å². The summed E-state index contributed by atoms with van der Waals surface area (Å²) in [6.45, 7) is 46.8. The molecular weight excluding hydrogens is 1330 g/mol. The first-order valence-electron chi connectivity index (χ1n) is 38.4. The van der Waals surface area contributed by atoms with Crippen LogP contribution >= 0.6 is 0 Å². The highest BCUT2D eigenvalue weighted by Gasteiger charge is 2.18. The molecule has 14 rings (SSSR count). The van der Waals surface area contributed by atoms with Crippen LogP contribution in [-0.2, 0) is 5.41 Å². The molecule has 2 heteroatoms. The van der Waals surface area contributed by atoms with Crippen molar-refractivity contribution in [3.8, 4) is 77.9 Å². The Morgan fingerprint density at radius 1 is 0.185 bits per heavy atom. The Morgan fingerprint density at radius 3 is 0.861 bits per heavy atom. The van der Waals surface area contributed by atoms with Gasteiger partial charge in [0.05, 0.1) is 16.1 Å². The third-order valence-electron chi connectivity index (χ3n) is 19.8. The molecule has 0 fully saturated rings. The van der Waals surface area contributed by atoms with Gasteiger partial charge in [0, 0.05) is 0 Å². The molecule has 0 atom stereocenters. The second-order valence-corrected chi connectivity index (χ2v) is 42.4. The predicted octanol–water partition coefficient (Wildman–Crippen LogP) is 29.6. The first-order chi connectivity index (χ1) is 51.4. The van der Waals surface area contributed by atoms with E-state index >= 15 is 0 Å². The molecule has 0 radical (unpaired) electrons. The van der Waals surface area contributed by atoms with E-state index in [-0.39, 0.29) is 5.41 Å². The van der Waals surface area contributed by atoms with Gasteiger partial charge in [0.1, 0.15) is 0 Å². The molecule has 0 spiro atoms. The molecular formula is C106H118Si2. The average Bonchev–Trinajstić information content (AvgIpc) is 0.754. The number of rotatable bonds is 9. The first-order valence-corrected chi connectivity index (χ1v) is 45.4. The summed E-state index contributed by atoms with van der Waals surface area (Å²) in [5, 5.41) is 3.04. The molecule has 0 N–H and O–H groups in total. The molecule has 108 heavy (non-hydrogen) atoms. The van der Waals surface area contributed by atoms with Crippen molar-refractivity contribution in [2.45, 2.75) is 149 Å². The van der Waals surface area contributed by atoms with Gasteiger partial charge >= 0.3 is 0 Å².